The lowest BCUT2D eigenvalue weighted by Gasteiger charge is -2.21. The standard InChI is InChI=1S/C22H27N3O2/c1-4-6-15-23-16(3)21-24-18-12-8-7-11-17(18)22(26)25(21)19-13-9-10-14-20(19)27-5-2/h7-14,16,23H,4-6,15H2,1-3H3/t16-/m0/s1. The second-order valence-corrected chi connectivity index (χ2v) is 6.56. The SMILES string of the molecule is CCCCN[C@@H](C)c1nc2ccccc2c(=O)n1-c1ccccc1OCC. The van der Waals surface area contributed by atoms with Crippen molar-refractivity contribution in [2.24, 2.45) is 0 Å². The molecule has 5 nitrogen and oxygen atoms in total. The third-order valence-corrected chi connectivity index (χ3v) is 4.58. The molecule has 142 valence electrons. The number of aromatic nitrogens is 2. The zero-order chi connectivity index (χ0) is 19.2. The van der Waals surface area contributed by atoms with Crippen molar-refractivity contribution in [1.29, 1.82) is 0 Å². The van der Waals surface area contributed by atoms with Crippen LogP contribution in [0.25, 0.3) is 16.6 Å². The van der Waals surface area contributed by atoms with Gasteiger partial charge in [0.25, 0.3) is 5.56 Å². The van der Waals surface area contributed by atoms with E-state index in [1.165, 1.54) is 0 Å². The van der Waals surface area contributed by atoms with Gasteiger partial charge in [0.2, 0.25) is 0 Å². The quantitative estimate of drug-likeness (QED) is 0.607. The summed E-state index contributed by atoms with van der Waals surface area (Å²) in [6, 6.07) is 15.0. The first-order chi connectivity index (χ1) is 13.2. The minimum atomic E-state index is -0.0769. The minimum Gasteiger partial charge on any atom is -0.492 e. The van der Waals surface area contributed by atoms with Crippen molar-refractivity contribution in [3.63, 3.8) is 0 Å². The van der Waals surface area contributed by atoms with Gasteiger partial charge < -0.3 is 10.1 Å². The van der Waals surface area contributed by atoms with E-state index in [4.69, 9.17) is 9.72 Å². The van der Waals surface area contributed by atoms with Crippen molar-refractivity contribution in [3.8, 4) is 11.4 Å². The van der Waals surface area contributed by atoms with E-state index in [-0.39, 0.29) is 11.6 Å². The van der Waals surface area contributed by atoms with Crippen LogP contribution in [0.15, 0.2) is 53.3 Å². The van der Waals surface area contributed by atoms with Crippen LogP contribution in [0.4, 0.5) is 0 Å². The topological polar surface area (TPSA) is 56.2 Å². The number of hydrogen-bond donors (Lipinski definition) is 1. The number of benzene rings is 2. The Morgan fingerprint density at radius 2 is 1.85 bits per heavy atom. The molecule has 27 heavy (non-hydrogen) atoms. The van der Waals surface area contributed by atoms with Crippen molar-refractivity contribution in [2.75, 3.05) is 13.2 Å². The monoisotopic (exact) mass is 365 g/mol. The smallest absolute Gasteiger partial charge is 0.266 e. The largest absolute Gasteiger partial charge is 0.492 e. The first-order valence-electron chi connectivity index (χ1n) is 9.64. The number of ether oxygens (including phenoxy) is 1. The number of hydrogen-bond acceptors (Lipinski definition) is 4. The summed E-state index contributed by atoms with van der Waals surface area (Å²) >= 11 is 0. The third kappa shape index (κ3) is 4.03. The van der Waals surface area contributed by atoms with Crippen LogP contribution in [0, 0.1) is 0 Å². The van der Waals surface area contributed by atoms with Gasteiger partial charge in [0.1, 0.15) is 11.6 Å². The average molecular weight is 365 g/mol. The molecule has 0 fully saturated rings. The molecule has 3 aromatic rings. The van der Waals surface area contributed by atoms with Crippen LogP contribution in [-0.4, -0.2) is 22.7 Å². The minimum absolute atomic E-state index is 0.0662. The van der Waals surface area contributed by atoms with E-state index < -0.39 is 0 Å². The molecule has 0 radical (unpaired) electrons. The number of rotatable bonds is 8. The molecule has 3 rings (SSSR count). The fraction of sp³-hybridized carbons (Fsp3) is 0.364. The molecule has 0 amide bonds. The molecule has 1 N–H and O–H groups in total. The Balaban J connectivity index is 2.21. The molecule has 0 bridgehead atoms. The maximum Gasteiger partial charge on any atom is 0.266 e. The van der Waals surface area contributed by atoms with Gasteiger partial charge in [-0.2, -0.15) is 0 Å². The normalized spacial score (nSPS) is 12.3. The molecule has 0 saturated heterocycles. The summed E-state index contributed by atoms with van der Waals surface area (Å²) in [4.78, 5) is 18.2. The molecular weight excluding hydrogens is 338 g/mol. The van der Waals surface area contributed by atoms with Crippen LogP contribution < -0.4 is 15.6 Å². The second kappa shape index (κ2) is 8.82. The van der Waals surface area contributed by atoms with Crippen LogP contribution in [0.5, 0.6) is 5.75 Å². The Hall–Kier alpha value is -2.66. The van der Waals surface area contributed by atoms with Gasteiger partial charge >= 0.3 is 0 Å². The van der Waals surface area contributed by atoms with Gasteiger partial charge in [-0.15, -0.1) is 0 Å². The first kappa shape index (κ1) is 19.1. The Morgan fingerprint density at radius 3 is 2.63 bits per heavy atom. The Labute approximate surface area is 160 Å². The lowest BCUT2D eigenvalue weighted by molar-refractivity contribution is 0.338. The van der Waals surface area contributed by atoms with Gasteiger partial charge in [-0.05, 0) is 51.1 Å². The third-order valence-electron chi connectivity index (χ3n) is 4.58. The maximum absolute atomic E-state index is 13.4. The highest BCUT2D eigenvalue weighted by molar-refractivity contribution is 5.78. The number of nitrogens with zero attached hydrogens (tertiary/aromatic N) is 2. The van der Waals surface area contributed by atoms with Crippen molar-refractivity contribution in [2.45, 2.75) is 39.7 Å². The zero-order valence-corrected chi connectivity index (χ0v) is 16.2. The van der Waals surface area contributed by atoms with Crippen LogP contribution in [0.3, 0.4) is 0 Å². The summed E-state index contributed by atoms with van der Waals surface area (Å²) < 4.78 is 7.48. The lowest BCUT2D eigenvalue weighted by atomic mass is 10.2. The molecule has 0 aliphatic carbocycles. The van der Waals surface area contributed by atoms with Crippen molar-refractivity contribution < 1.29 is 4.74 Å². The van der Waals surface area contributed by atoms with E-state index in [1.54, 1.807) is 4.57 Å². The molecule has 5 heteroatoms. The van der Waals surface area contributed by atoms with E-state index in [0.717, 1.165) is 25.1 Å². The molecule has 1 heterocycles. The van der Waals surface area contributed by atoms with Gasteiger partial charge in [0, 0.05) is 0 Å². The van der Waals surface area contributed by atoms with Crippen LogP contribution in [0.1, 0.15) is 45.5 Å². The molecular formula is C22H27N3O2. The molecule has 0 spiro atoms. The first-order valence-corrected chi connectivity index (χ1v) is 9.64. The highest BCUT2D eigenvalue weighted by atomic mass is 16.5. The number of nitrogens with one attached hydrogen (secondary N) is 1. The van der Waals surface area contributed by atoms with E-state index in [1.807, 2.05) is 62.4 Å². The van der Waals surface area contributed by atoms with Crippen molar-refractivity contribution in [3.05, 3.63) is 64.7 Å². The predicted octanol–water partition coefficient (Wildman–Crippen LogP) is 4.24. The summed E-state index contributed by atoms with van der Waals surface area (Å²) in [5.74, 6) is 1.38. The number of para-hydroxylation sites is 3. The predicted molar refractivity (Wildman–Crippen MR) is 110 cm³/mol. The molecule has 1 aromatic heterocycles. The molecule has 0 aliphatic heterocycles. The summed E-state index contributed by atoms with van der Waals surface area (Å²) in [6.07, 6.45) is 2.20. The fourth-order valence-corrected chi connectivity index (χ4v) is 3.18. The zero-order valence-electron chi connectivity index (χ0n) is 16.2. The van der Waals surface area contributed by atoms with Gasteiger partial charge in [0.15, 0.2) is 0 Å². The van der Waals surface area contributed by atoms with Crippen LogP contribution in [-0.2, 0) is 0 Å². The highest BCUT2D eigenvalue weighted by Gasteiger charge is 2.19. The van der Waals surface area contributed by atoms with Gasteiger partial charge in [-0.3, -0.25) is 9.36 Å². The summed E-state index contributed by atoms with van der Waals surface area (Å²) in [5.41, 5.74) is 1.36. The second-order valence-electron chi connectivity index (χ2n) is 6.56. The highest BCUT2D eigenvalue weighted by Crippen LogP contribution is 2.25. The fourth-order valence-electron chi connectivity index (χ4n) is 3.18. The van der Waals surface area contributed by atoms with E-state index in [0.29, 0.717) is 29.1 Å². The Kier molecular flexibility index (Phi) is 6.24. The van der Waals surface area contributed by atoms with Gasteiger partial charge in [-0.25, -0.2) is 4.98 Å². The molecule has 1 atom stereocenters. The Morgan fingerprint density at radius 1 is 1.11 bits per heavy atom. The van der Waals surface area contributed by atoms with Crippen molar-refractivity contribution >= 4 is 10.9 Å². The average Bonchev–Trinajstić information content (AvgIpc) is 2.69. The lowest BCUT2D eigenvalue weighted by Crippen LogP contribution is -2.30. The van der Waals surface area contributed by atoms with E-state index in [2.05, 4.69) is 12.2 Å². The number of unbranched alkanes of at least 4 members (excludes halogenated alkanes) is 1. The molecule has 0 saturated carbocycles. The van der Waals surface area contributed by atoms with Crippen LogP contribution in [0.2, 0.25) is 0 Å². The molecule has 0 aliphatic rings. The Bertz CT molecular complexity index is 965. The molecule has 0 unspecified atom stereocenters. The maximum atomic E-state index is 13.4. The summed E-state index contributed by atoms with van der Waals surface area (Å²) in [6.45, 7) is 7.56. The van der Waals surface area contributed by atoms with Gasteiger partial charge in [-0.1, -0.05) is 37.6 Å². The van der Waals surface area contributed by atoms with Crippen molar-refractivity contribution in [1.82, 2.24) is 14.9 Å². The van der Waals surface area contributed by atoms with E-state index in [9.17, 15) is 4.79 Å². The summed E-state index contributed by atoms with van der Waals surface area (Å²) in [5, 5.41) is 4.10. The summed E-state index contributed by atoms with van der Waals surface area (Å²) in [7, 11) is 0. The molecule has 2 aromatic carbocycles. The number of fused-ring (bicyclic) bond motifs is 1. The van der Waals surface area contributed by atoms with Gasteiger partial charge in [0.05, 0.1) is 29.2 Å². The van der Waals surface area contributed by atoms with E-state index >= 15 is 0 Å². The van der Waals surface area contributed by atoms with Crippen LogP contribution >= 0.6 is 0 Å².